The Morgan fingerprint density at radius 1 is 1.04 bits per heavy atom. The Hall–Kier alpha value is -2.73. The molecule has 1 unspecified atom stereocenters. The van der Waals surface area contributed by atoms with Crippen molar-refractivity contribution < 1.29 is 14.3 Å². The second-order valence-electron chi connectivity index (χ2n) is 6.91. The van der Waals surface area contributed by atoms with E-state index >= 15 is 0 Å². The van der Waals surface area contributed by atoms with Crippen LogP contribution in [-0.2, 0) is 6.54 Å². The number of urea groups is 1. The molecule has 27 heavy (non-hydrogen) atoms. The lowest BCUT2D eigenvalue weighted by molar-refractivity contribution is 0.171. The molecular formula is C21H27N3O3. The van der Waals surface area contributed by atoms with Gasteiger partial charge in [0.05, 0.1) is 6.04 Å². The van der Waals surface area contributed by atoms with Gasteiger partial charge in [-0.05, 0) is 37.4 Å². The van der Waals surface area contributed by atoms with Gasteiger partial charge in [0, 0.05) is 20.1 Å². The fourth-order valence-corrected chi connectivity index (χ4v) is 3.12. The van der Waals surface area contributed by atoms with Crippen LogP contribution in [-0.4, -0.2) is 56.7 Å². The predicted molar refractivity (Wildman–Crippen MR) is 105 cm³/mol. The predicted octanol–water partition coefficient (Wildman–Crippen LogP) is 2.90. The molecule has 2 amide bonds. The average molecular weight is 369 g/mol. The standard InChI is InChI=1S/C21H27N3O3/c1-23(2)18(17-7-5-4-6-8-17)14-22-21(25)24(3)15-16-9-10-19-20(13-16)27-12-11-26-19/h4-10,13,18H,11-12,14-15H2,1-3H3,(H,22,25). The van der Waals surface area contributed by atoms with Crippen molar-refractivity contribution >= 4 is 6.03 Å². The monoisotopic (exact) mass is 369 g/mol. The molecule has 144 valence electrons. The van der Waals surface area contributed by atoms with Crippen molar-refractivity contribution in [3.05, 3.63) is 59.7 Å². The van der Waals surface area contributed by atoms with Gasteiger partial charge >= 0.3 is 6.03 Å². The molecule has 6 nitrogen and oxygen atoms in total. The molecule has 0 aliphatic carbocycles. The van der Waals surface area contributed by atoms with Crippen molar-refractivity contribution in [1.82, 2.24) is 15.1 Å². The van der Waals surface area contributed by atoms with Gasteiger partial charge in [-0.3, -0.25) is 0 Å². The molecule has 0 bridgehead atoms. The lowest BCUT2D eigenvalue weighted by atomic mass is 10.1. The third-order valence-corrected chi connectivity index (χ3v) is 4.63. The number of ether oxygens (including phenoxy) is 2. The van der Waals surface area contributed by atoms with Crippen molar-refractivity contribution in [1.29, 1.82) is 0 Å². The van der Waals surface area contributed by atoms with E-state index in [2.05, 4.69) is 22.3 Å². The third kappa shape index (κ3) is 4.92. The number of nitrogens with one attached hydrogen (secondary N) is 1. The van der Waals surface area contributed by atoms with Crippen LogP contribution in [0.5, 0.6) is 11.5 Å². The van der Waals surface area contributed by atoms with Crippen molar-refractivity contribution in [2.45, 2.75) is 12.6 Å². The van der Waals surface area contributed by atoms with E-state index in [0.29, 0.717) is 26.3 Å². The van der Waals surface area contributed by atoms with Crippen LogP contribution in [0.1, 0.15) is 17.2 Å². The Bertz CT molecular complexity index is 765. The maximum absolute atomic E-state index is 12.5. The fraction of sp³-hybridized carbons (Fsp3) is 0.381. The molecule has 1 aliphatic heterocycles. The average Bonchev–Trinajstić information content (AvgIpc) is 2.68. The molecule has 1 heterocycles. The van der Waals surface area contributed by atoms with Gasteiger partial charge in [0.2, 0.25) is 0 Å². The summed E-state index contributed by atoms with van der Waals surface area (Å²) in [4.78, 5) is 16.3. The van der Waals surface area contributed by atoms with Gasteiger partial charge in [0.1, 0.15) is 13.2 Å². The second kappa shape index (κ2) is 8.77. The summed E-state index contributed by atoms with van der Waals surface area (Å²) in [7, 11) is 5.82. The van der Waals surface area contributed by atoms with Gasteiger partial charge in [-0.1, -0.05) is 36.4 Å². The summed E-state index contributed by atoms with van der Waals surface area (Å²) in [5.74, 6) is 1.50. The summed E-state index contributed by atoms with van der Waals surface area (Å²) in [5.41, 5.74) is 2.18. The summed E-state index contributed by atoms with van der Waals surface area (Å²) in [5, 5.41) is 3.03. The molecule has 0 saturated heterocycles. The quantitative estimate of drug-likeness (QED) is 0.851. The summed E-state index contributed by atoms with van der Waals surface area (Å²) in [6.45, 7) is 2.17. The first-order valence-electron chi connectivity index (χ1n) is 9.13. The maximum Gasteiger partial charge on any atom is 0.317 e. The molecular weight excluding hydrogens is 342 g/mol. The highest BCUT2D eigenvalue weighted by Crippen LogP contribution is 2.31. The van der Waals surface area contributed by atoms with Gasteiger partial charge in [-0.25, -0.2) is 4.79 Å². The molecule has 1 aliphatic rings. The summed E-state index contributed by atoms with van der Waals surface area (Å²) < 4.78 is 11.1. The molecule has 6 heteroatoms. The smallest absolute Gasteiger partial charge is 0.317 e. The Morgan fingerprint density at radius 2 is 1.74 bits per heavy atom. The molecule has 3 rings (SSSR count). The molecule has 0 saturated carbocycles. The van der Waals surface area contributed by atoms with Crippen LogP contribution in [0.2, 0.25) is 0 Å². The van der Waals surface area contributed by atoms with E-state index < -0.39 is 0 Å². The van der Waals surface area contributed by atoms with Crippen molar-refractivity contribution in [2.75, 3.05) is 40.9 Å². The zero-order chi connectivity index (χ0) is 19.2. The molecule has 1 N–H and O–H groups in total. The molecule has 0 spiro atoms. The lowest BCUT2D eigenvalue weighted by Gasteiger charge is -2.27. The normalized spacial score (nSPS) is 13.9. The van der Waals surface area contributed by atoms with Gasteiger partial charge in [-0.2, -0.15) is 0 Å². The van der Waals surface area contributed by atoms with Crippen LogP contribution in [0.4, 0.5) is 4.79 Å². The van der Waals surface area contributed by atoms with Crippen LogP contribution in [0.3, 0.4) is 0 Å². The highest BCUT2D eigenvalue weighted by atomic mass is 16.6. The molecule has 2 aromatic carbocycles. The van der Waals surface area contributed by atoms with Gasteiger partial charge in [0.15, 0.2) is 11.5 Å². The SMILES string of the molecule is CN(Cc1ccc2c(c1)OCCO2)C(=O)NCC(c1ccccc1)N(C)C. The maximum atomic E-state index is 12.5. The van der Waals surface area contributed by atoms with E-state index in [4.69, 9.17) is 9.47 Å². The molecule has 0 aromatic heterocycles. The minimum atomic E-state index is -0.104. The number of fused-ring (bicyclic) bond motifs is 1. The van der Waals surface area contributed by atoms with E-state index in [1.165, 1.54) is 5.56 Å². The fourth-order valence-electron chi connectivity index (χ4n) is 3.12. The summed E-state index contributed by atoms with van der Waals surface area (Å²) >= 11 is 0. The minimum absolute atomic E-state index is 0.104. The van der Waals surface area contributed by atoms with Crippen molar-refractivity contribution in [3.8, 4) is 11.5 Å². The Kier molecular flexibility index (Phi) is 6.19. The zero-order valence-electron chi connectivity index (χ0n) is 16.1. The largest absolute Gasteiger partial charge is 0.486 e. The first-order valence-corrected chi connectivity index (χ1v) is 9.13. The molecule has 0 fully saturated rings. The van der Waals surface area contributed by atoms with Gasteiger partial charge < -0.3 is 24.6 Å². The zero-order valence-corrected chi connectivity index (χ0v) is 16.1. The number of carbonyl (C=O) groups excluding carboxylic acids is 1. The van der Waals surface area contributed by atoms with Crippen LogP contribution < -0.4 is 14.8 Å². The number of hydrogen-bond acceptors (Lipinski definition) is 4. The van der Waals surface area contributed by atoms with Gasteiger partial charge in [0.25, 0.3) is 0 Å². The number of rotatable bonds is 6. The second-order valence-corrected chi connectivity index (χ2v) is 6.91. The van der Waals surface area contributed by atoms with Crippen LogP contribution >= 0.6 is 0 Å². The number of carbonyl (C=O) groups is 1. The van der Waals surface area contributed by atoms with E-state index in [0.717, 1.165) is 17.1 Å². The minimum Gasteiger partial charge on any atom is -0.486 e. The van der Waals surface area contributed by atoms with Crippen molar-refractivity contribution in [2.24, 2.45) is 0 Å². The van der Waals surface area contributed by atoms with Crippen LogP contribution in [0, 0.1) is 0 Å². The number of benzene rings is 2. The first kappa shape index (κ1) is 19.0. The van der Waals surface area contributed by atoms with E-state index in [1.807, 2.05) is 50.5 Å². The van der Waals surface area contributed by atoms with E-state index in [-0.39, 0.29) is 12.1 Å². The number of hydrogen-bond donors (Lipinski definition) is 1. The summed E-state index contributed by atoms with van der Waals surface area (Å²) in [6.07, 6.45) is 0. The lowest BCUT2D eigenvalue weighted by Crippen LogP contribution is -2.41. The first-order chi connectivity index (χ1) is 13.0. The Morgan fingerprint density at radius 3 is 2.44 bits per heavy atom. The van der Waals surface area contributed by atoms with Crippen LogP contribution in [0.15, 0.2) is 48.5 Å². The molecule has 2 aromatic rings. The van der Waals surface area contributed by atoms with E-state index in [1.54, 1.807) is 11.9 Å². The Labute approximate surface area is 160 Å². The number of amides is 2. The topological polar surface area (TPSA) is 54.0 Å². The summed E-state index contributed by atoms with van der Waals surface area (Å²) in [6, 6.07) is 16.0. The van der Waals surface area contributed by atoms with Crippen LogP contribution in [0.25, 0.3) is 0 Å². The third-order valence-electron chi connectivity index (χ3n) is 4.63. The van der Waals surface area contributed by atoms with Gasteiger partial charge in [-0.15, -0.1) is 0 Å². The number of likely N-dealkylation sites (N-methyl/N-ethyl adjacent to an activating group) is 1. The molecule has 0 radical (unpaired) electrons. The van der Waals surface area contributed by atoms with E-state index in [9.17, 15) is 4.79 Å². The van der Waals surface area contributed by atoms with Crippen molar-refractivity contribution in [3.63, 3.8) is 0 Å². The molecule has 1 atom stereocenters. The number of nitrogens with zero attached hydrogens (tertiary/aromatic N) is 2. The highest BCUT2D eigenvalue weighted by Gasteiger charge is 2.17. The highest BCUT2D eigenvalue weighted by molar-refractivity contribution is 5.74. The Balaban J connectivity index is 1.57.